The number of aromatic nitrogens is 1. The lowest BCUT2D eigenvalue weighted by Gasteiger charge is -2.07. The SMILES string of the molecule is CS(=O)(=O)c1ccccc1C(=O)Nc1nc(-c2cc(F)ccc2F)cs1. The summed E-state index contributed by atoms with van der Waals surface area (Å²) >= 11 is 1.01. The quantitative estimate of drug-likeness (QED) is 0.731. The Hall–Kier alpha value is -2.65. The van der Waals surface area contributed by atoms with Gasteiger partial charge in [-0.15, -0.1) is 11.3 Å². The summed E-state index contributed by atoms with van der Waals surface area (Å²) in [4.78, 5) is 16.4. The van der Waals surface area contributed by atoms with Crippen molar-refractivity contribution < 1.29 is 22.0 Å². The zero-order valence-electron chi connectivity index (χ0n) is 13.4. The molecule has 0 radical (unpaired) electrons. The Kier molecular flexibility index (Phi) is 4.84. The Labute approximate surface area is 152 Å². The lowest BCUT2D eigenvalue weighted by atomic mass is 10.1. The van der Waals surface area contributed by atoms with E-state index in [2.05, 4.69) is 10.3 Å². The Morgan fingerprint density at radius 1 is 1.15 bits per heavy atom. The second kappa shape index (κ2) is 6.93. The van der Waals surface area contributed by atoms with Crippen molar-refractivity contribution >= 4 is 32.2 Å². The fraction of sp³-hybridized carbons (Fsp3) is 0.0588. The average Bonchev–Trinajstić information content (AvgIpc) is 3.04. The van der Waals surface area contributed by atoms with Crippen molar-refractivity contribution in [1.29, 1.82) is 0 Å². The van der Waals surface area contributed by atoms with Crippen molar-refractivity contribution in [1.82, 2.24) is 4.98 Å². The van der Waals surface area contributed by atoms with Crippen LogP contribution in [0.1, 0.15) is 10.4 Å². The minimum Gasteiger partial charge on any atom is -0.298 e. The highest BCUT2D eigenvalue weighted by atomic mass is 32.2. The molecule has 0 fully saturated rings. The monoisotopic (exact) mass is 394 g/mol. The van der Waals surface area contributed by atoms with Crippen molar-refractivity contribution in [3.8, 4) is 11.3 Å². The summed E-state index contributed by atoms with van der Waals surface area (Å²) in [6.07, 6.45) is 1.01. The Balaban J connectivity index is 1.89. The molecule has 1 amide bonds. The number of sulfone groups is 1. The molecule has 9 heteroatoms. The van der Waals surface area contributed by atoms with Crippen LogP contribution in [0.2, 0.25) is 0 Å². The van der Waals surface area contributed by atoms with Gasteiger partial charge >= 0.3 is 0 Å². The molecule has 26 heavy (non-hydrogen) atoms. The molecule has 134 valence electrons. The molecule has 1 heterocycles. The van der Waals surface area contributed by atoms with Crippen molar-refractivity contribution in [3.63, 3.8) is 0 Å². The van der Waals surface area contributed by atoms with Gasteiger partial charge in [-0.3, -0.25) is 10.1 Å². The van der Waals surface area contributed by atoms with Gasteiger partial charge in [-0.2, -0.15) is 0 Å². The number of nitrogens with one attached hydrogen (secondary N) is 1. The van der Waals surface area contributed by atoms with Gasteiger partial charge in [0.15, 0.2) is 15.0 Å². The van der Waals surface area contributed by atoms with E-state index < -0.39 is 27.4 Å². The van der Waals surface area contributed by atoms with E-state index in [1.54, 1.807) is 6.07 Å². The van der Waals surface area contributed by atoms with Crippen LogP contribution in [-0.2, 0) is 9.84 Å². The lowest BCUT2D eigenvalue weighted by molar-refractivity contribution is 0.102. The summed E-state index contributed by atoms with van der Waals surface area (Å²) in [5.41, 5.74) is 0.112. The van der Waals surface area contributed by atoms with Gasteiger partial charge in [0.1, 0.15) is 11.6 Å². The van der Waals surface area contributed by atoms with E-state index in [1.165, 1.54) is 23.6 Å². The average molecular weight is 394 g/mol. The number of hydrogen-bond acceptors (Lipinski definition) is 5. The van der Waals surface area contributed by atoms with Gasteiger partial charge < -0.3 is 0 Å². The number of hydrogen-bond donors (Lipinski definition) is 1. The van der Waals surface area contributed by atoms with Gasteiger partial charge in [0, 0.05) is 17.2 Å². The first-order chi connectivity index (χ1) is 12.3. The molecule has 0 aliphatic heterocycles. The third-order valence-electron chi connectivity index (χ3n) is 3.46. The van der Waals surface area contributed by atoms with Crippen LogP contribution >= 0.6 is 11.3 Å². The van der Waals surface area contributed by atoms with Crippen LogP contribution in [0.25, 0.3) is 11.3 Å². The maximum atomic E-state index is 13.8. The first-order valence-electron chi connectivity index (χ1n) is 7.27. The highest BCUT2D eigenvalue weighted by molar-refractivity contribution is 7.90. The zero-order valence-corrected chi connectivity index (χ0v) is 15.0. The van der Waals surface area contributed by atoms with Gasteiger partial charge in [0.05, 0.1) is 16.2 Å². The minimum atomic E-state index is -3.59. The fourth-order valence-corrected chi connectivity index (χ4v) is 3.88. The molecule has 3 aromatic rings. The summed E-state index contributed by atoms with van der Waals surface area (Å²) in [5.74, 6) is -1.91. The number of halogens is 2. The van der Waals surface area contributed by atoms with Crippen LogP contribution in [-0.4, -0.2) is 25.6 Å². The van der Waals surface area contributed by atoms with Crippen LogP contribution in [0.15, 0.2) is 52.7 Å². The molecule has 0 aliphatic carbocycles. The number of carbonyl (C=O) groups excluding carboxylic acids is 1. The molecule has 0 aliphatic rings. The van der Waals surface area contributed by atoms with E-state index in [-0.39, 0.29) is 26.8 Å². The molecular weight excluding hydrogens is 382 g/mol. The first-order valence-corrected chi connectivity index (χ1v) is 10.0. The van der Waals surface area contributed by atoms with Crippen molar-refractivity contribution in [2.75, 3.05) is 11.6 Å². The lowest BCUT2D eigenvalue weighted by Crippen LogP contribution is -2.15. The largest absolute Gasteiger partial charge is 0.298 e. The molecule has 0 atom stereocenters. The smallest absolute Gasteiger partial charge is 0.258 e. The number of thiazole rings is 1. The normalized spacial score (nSPS) is 11.3. The molecule has 0 spiro atoms. The zero-order chi connectivity index (χ0) is 18.9. The van der Waals surface area contributed by atoms with Crippen molar-refractivity contribution in [2.24, 2.45) is 0 Å². The van der Waals surface area contributed by atoms with Crippen LogP contribution in [0.3, 0.4) is 0 Å². The third kappa shape index (κ3) is 3.78. The highest BCUT2D eigenvalue weighted by Gasteiger charge is 2.19. The van der Waals surface area contributed by atoms with Gasteiger partial charge in [-0.1, -0.05) is 12.1 Å². The van der Waals surface area contributed by atoms with Crippen molar-refractivity contribution in [3.05, 3.63) is 65.0 Å². The van der Waals surface area contributed by atoms with Gasteiger partial charge in [-0.05, 0) is 30.3 Å². The molecule has 2 aromatic carbocycles. The van der Waals surface area contributed by atoms with Gasteiger partial charge in [0.2, 0.25) is 0 Å². The number of amides is 1. The predicted molar refractivity (Wildman–Crippen MR) is 95.0 cm³/mol. The molecule has 0 unspecified atom stereocenters. The Morgan fingerprint density at radius 3 is 2.62 bits per heavy atom. The van der Waals surface area contributed by atoms with E-state index in [1.807, 2.05) is 0 Å². The third-order valence-corrected chi connectivity index (χ3v) is 5.37. The summed E-state index contributed by atoms with van der Waals surface area (Å²) in [6, 6.07) is 8.77. The molecular formula is C17H12F2N2O3S2. The molecule has 5 nitrogen and oxygen atoms in total. The topological polar surface area (TPSA) is 76.1 Å². The number of rotatable bonds is 4. The minimum absolute atomic E-state index is 0.0244. The Morgan fingerprint density at radius 2 is 1.88 bits per heavy atom. The van der Waals surface area contributed by atoms with Gasteiger partial charge in [-0.25, -0.2) is 22.2 Å². The maximum absolute atomic E-state index is 13.8. The molecule has 0 saturated heterocycles. The fourth-order valence-electron chi connectivity index (χ4n) is 2.29. The van der Waals surface area contributed by atoms with E-state index in [9.17, 15) is 22.0 Å². The summed E-state index contributed by atoms with van der Waals surface area (Å²) in [7, 11) is -3.59. The summed E-state index contributed by atoms with van der Waals surface area (Å²) in [5, 5.41) is 4.09. The number of nitrogens with zero attached hydrogens (tertiary/aromatic N) is 1. The van der Waals surface area contributed by atoms with Crippen LogP contribution in [0, 0.1) is 11.6 Å². The van der Waals surface area contributed by atoms with Crippen LogP contribution in [0.5, 0.6) is 0 Å². The first kappa shape index (κ1) is 18.2. The number of carbonyl (C=O) groups is 1. The van der Waals surface area contributed by atoms with Gasteiger partial charge in [0.25, 0.3) is 5.91 Å². The summed E-state index contributed by atoms with van der Waals surface area (Å²) in [6.45, 7) is 0. The molecule has 1 aromatic heterocycles. The maximum Gasteiger partial charge on any atom is 0.258 e. The molecule has 0 bridgehead atoms. The van der Waals surface area contributed by atoms with E-state index >= 15 is 0 Å². The number of benzene rings is 2. The number of anilines is 1. The molecule has 1 N–H and O–H groups in total. The molecule has 3 rings (SSSR count). The van der Waals surface area contributed by atoms with E-state index in [4.69, 9.17) is 0 Å². The van der Waals surface area contributed by atoms with Crippen molar-refractivity contribution in [2.45, 2.75) is 4.90 Å². The van der Waals surface area contributed by atoms with Crippen LogP contribution < -0.4 is 5.32 Å². The standard InChI is InChI=1S/C17H12F2N2O3S2/c1-26(23,24)15-5-3-2-4-11(15)16(22)21-17-20-14(9-25-17)12-8-10(18)6-7-13(12)19/h2-9H,1H3,(H,20,21,22). The van der Waals surface area contributed by atoms with Crippen LogP contribution in [0.4, 0.5) is 13.9 Å². The second-order valence-corrected chi connectivity index (χ2v) is 8.23. The highest BCUT2D eigenvalue weighted by Crippen LogP contribution is 2.28. The molecule has 0 saturated carbocycles. The Bertz CT molecular complexity index is 1090. The van der Waals surface area contributed by atoms with E-state index in [0.29, 0.717) is 0 Å². The van der Waals surface area contributed by atoms with E-state index in [0.717, 1.165) is 35.8 Å². The second-order valence-electron chi connectivity index (χ2n) is 5.38. The predicted octanol–water partition coefficient (Wildman–Crippen LogP) is 3.74. The summed E-state index contributed by atoms with van der Waals surface area (Å²) < 4.78 is 50.7.